The molecule has 0 spiro atoms. The lowest BCUT2D eigenvalue weighted by Crippen LogP contribution is -2.64. The number of carboxylic acids is 1. The van der Waals surface area contributed by atoms with Crippen molar-refractivity contribution < 1.29 is 14.6 Å². The topological polar surface area (TPSA) is 73.6 Å². The molecule has 0 amide bonds. The van der Waals surface area contributed by atoms with Crippen LogP contribution in [-0.4, -0.2) is 47.8 Å². The van der Waals surface area contributed by atoms with Gasteiger partial charge >= 0.3 is 5.97 Å². The molecule has 38 heavy (non-hydrogen) atoms. The Balaban J connectivity index is 1.44. The maximum atomic E-state index is 13.9. The minimum atomic E-state index is -1.11. The average Bonchev–Trinajstić information content (AvgIpc) is 3.61. The highest BCUT2D eigenvalue weighted by Crippen LogP contribution is 2.84. The average molecular weight is 523 g/mol. The van der Waals surface area contributed by atoms with Gasteiger partial charge in [0, 0.05) is 12.0 Å². The van der Waals surface area contributed by atoms with Crippen molar-refractivity contribution in [3.63, 3.8) is 0 Å². The number of nitrogens with zero attached hydrogens (tertiary/aromatic N) is 2. The summed E-state index contributed by atoms with van der Waals surface area (Å²) in [6, 6.07) is 2.82. The minimum absolute atomic E-state index is 0.0725. The second-order valence-corrected chi connectivity index (χ2v) is 14.5. The molecule has 7 unspecified atom stereocenters. The van der Waals surface area contributed by atoms with Gasteiger partial charge in [-0.3, -0.25) is 4.79 Å². The SMILES string of the molecule is CCCCC1CC(C23C[C@@H]4[C@H](C)CC[C@H]4C4(C#N)CC2C=C(C(C)C)C34C(=O)O)OC1CN1CCCCC1. The zero-order valence-corrected chi connectivity index (χ0v) is 24.3. The van der Waals surface area contributed by atoms with Gasteiger partial charge < -0.3 is 14.7 Å². The van der Waals surface area contributed by atoms with E-state index in [4.69, 9.17) is 4.74 Å². The lowest BCUT2D eigenvalue weighted by atomic mass is 9.41. The van der Waals surface area contributed by atoms with Gasteiger partial charge in [-0.15, -0.1) is 0 Å². The highest BCUT2D eigenvalue weighted by Gasteiger charge is 2.86. The molecule has 5 heteroatoms. The van der Waals surface area contributed by atoms with Crippen LogP contribution in [0.3, 0.4) is 0 Å². The van der Waals surface area contributed by atoms with Crippen molar-refractivity contribution in [2.24, 2.45) is 51.8 Å². The largest absolute Gasteiger partial charge is 0.481 e. The summed E-state index contributed by atoms with van der Waals surface area (Å²) in [5.74, 6) is 1.20. The Hall–Kier alpha value is -1.38. The third-order valence-electron chi connectivity index (χ3n) is 12.7. The summed E-state index contributed by atoms with van der Waals surface area (Å²) in [6.45, 7) is 12.2. The quantitative estimate of drug-likeness (QED) is 0.360. The molecule has 0 aromatic heterocycles. The minimum Gasteiger partial charge on any atom is -0.481 e. The van der Waals surface area contributed by atoms with E-state index in [1.807, 2.05) is 0 Å². The summed E-state index contributed by atoms with van der Waals surface area (Å²) in [7, 11) is 0. The Bertz CT molecular complexity index is 1010. The highest BCUT2D eigenvalue weighted by atomic mass is 16.5. The van der Waals surface area contributed by atoms with Crippen molar-refractivity contribution in [3.05, 3.63) is 11.6 Å². The molecule has 210 valence electrons. The molecule has 6 aliphatic rings. The van der Waals surface area contributed by atoms with Gasteiger partial charge in [0.15, 0.2) is 0 Å². The van der Waals surface area contributed by atoms with Crippen LogP contribution in [0.5, 0.6) is 0 Å². The molecule has 1 N–H and O–H groups in total. The Morgan fingerprint density at radius 2 is 2.00 bits per heavy atom. The molecule has 0 aromatic carbocycles. The molecule has 10 atom stereocenters. The molecule has 2 saturated heterocycles. The van der Waals surface area contributed by atoms with Crippen LogP contribution in [0, 0.1) is 63.1 Å². The molecule has 0 radical (unpaired) electrons. The van der Waals surface area contributed by atoms with E-state index < -0.39 is 22.2 Å². The lowest BCUT2D eigenvalue weighted by molar-refractivity contribution is -0.191. The number of hydrogen-bond donors (Lipinski definition) is 1. The standard InChI is InChI=1S/C33H50N2O3/c1-5-6-10-23-15-29(38-28(23)19-35-13-8-7-9-14-35)32-18-25-22(4)11-12-26(25)31(20-34)17-24(32)16-27(21(2)3)33(31,32)30(36)37/h16,21-26,28-29H,5-15,17-19H2,1-4H3,(H,36,37)/t22-,23?,24?,25-,26-,28?,29?,31?,32?,33?/m1/s1. The highest BCUT2D eigenvalue weighted by molar-refractivity contribution is 5.86. The van der Waals surface area contributed by atoms with Crippen LogP contribution in [0.2, 0.25) is 0 Å². The molecule has 5 nitrogen and oxygen atoms in total. The maximum Gasteiger partial charge on any atom is 0.316 e. The fourth-order valence-electron chi connectivity index (χ4n) is 11.3. The van der Waals surface area contributed by atoms with Gasteiger partial charge in [-0.25, -0.2) is 0 Å². The fraction of sp³-hybridized carbons (Fsp3) is 0.879. The number of rotatable bonds is 8. The van der Waals surface area contributed by atoms with Crippen LogP contribution >= 0.6 is 0 Å². The molecular weight excluding hydrogens is 472 g/mol. The third-order valence-corrected chi connectivity index (χ3v) is 12.7. The molecule has 2 aliphatic heterocycles. The van der Waals surface area contributed by atoms with Crippen LogP contribution in [-0.2, 0) is 9.53 Å². The van der Waals surface area contributed by atoms with E-state index in [2.05, 4.69) is 44.7 Å². The number of piperidine rings is 1. The van der Waals surface area contributed by atoms with Crippen LogP contribution in [0.25, 0.3) is 0 Å². The van der Waals surface area contributed by atoms with E-state index in [1.54, 1.807) is 0 Å². The van der Waals surface area contributed by atoms with E-state index in [0.717, 1.165) is 57.3 Å². The predicted molar refractivity (Wildman–Crippen MR) is 148 cm³/mol. The summed E-state index contributed by atoms with van der Waals surface area (Å²) in [5.41, 5.74) is -1.36. The van der Waals surface area contributed by atoms with Gasteiger partial charge in [-0.2, -0.15) is 5.26 Å². The number of allylic oxidation sites excluding steroid dienone is 1. The summed E-state index contributed by atoms with van der Waals surface area (Å²) in [5, 5.41) is 22.4. The van der Waals surface area contributed by atoms with Gasteiger partial charge in [0.2, 0.25) is 0 Å². The van der Waals surface area contributed by atoms with E-state index in [9.17, 15) is 15.2 Å². The smallest absolute Gasteiger partial charge is 0.316 e. The number of fused-ring (bicyclic) bond motifs is 2. The Morgan fingerprint density at radius 3 is 2.66 bits per heavy atom. The van der Waals surface area contributed by atoms with E-state index >= 15 is 0 Å². The van der Waals surface area contributed by atoms with Crippen molar-refractivity contribution in [3.8, 4) is 6.07 Å². The van der Waals surface area contributed by atoms with Gasteiger partial charge in [0.1, 0.15) is 5.41 Å². The zero-order chi connectivity index (χ0) is 26.9. The van der Waals surface area contributed by atoms with E-state index in [0.29, 0.717) is 17.8 Å². The number of carboxylic acid groups (broad SMARTS) is 1. The Morgan fingerprint density at radius 1 is 1.24 bits per heavy atom. The summed E-state index contributed by atoms with van der Waals surface area (Å²) < 4.78 is 7.24. The number of carbonyl (C=O) groups is 1. The molecule has 4 bridgehead atoms. The number of likely N-dealkylation sites (tertiary alicyclic amines) is 1. The fourth-order valence-corrected chi connectivity index (χ4v) is 11.3. The van der Waals surface area contributed by atoms with Gasteiger partial charge in [-0.1, -0.05) is 65.0 Å². The number of hydrogen-bond acceptors (Lipinski definition) is 4. The van der Waals surface area contributed by atoms with Crippen LogP contribution in [0.15, 0.2) is 11.6 Å². The van der Waals surface area contributed by atoms with Crippen molar-refractivity contribution in [2.45, 2.75) is 111 Å². The molecule has 5 fully saturated rings. The van der Waals surface area contributed by atoms with Crippen molar-refractivity contribution in [2.75, 3.05) is 19.6 Å². The molecule has 3 saturated carbocycles. The lowest BCUT2D eigenvalue weighted by Gasteiger charge is -2.59. The molecule has 4 aliphatic carbocycles. The van der Waals surface area contributed by atoms with Crippen LogP contribution in [0.4, 0.5) is 0 Å². The first-order valence-electron chi connectivity index (χ1n) is 16.0. The monoisotopic (exact) mass is 522 g/mol. The van der Waals surface area contributed by atoms with E-state index in [-0.39, 0.29) is 30.0 Å². The number of unbranched alkanes of at least 4 members (excludes halogenated alkanes) is 1. The van der Waals surface area contributed by atoms with Crippen molar-refractivity contribution in [1.82, 2.24) is 4.90 Å². The Kier molecular flexibility index (Phi) is 6.79. The second kappa shape index (κ2) is 9.62. The first-order valence-corrected chi connectivity index (χ1v) is 16.0. The first kappa shape index (κ1) is 26.8. The molecule has 0 aromatic rings. The van der Waals surface area contributed by atoms with Crippen molar-refractivity contribution >= 4 is 5.97 Å². The third kappa shape index (κ3) is 3.32. The first-order chi connectivity index (χ1) is 18.3. The molecular formula is C33H50N2O3. The maximum absolute atomic E-state index is 13.9. The normalized spacial score (nSPS) is 47.8. The van der Waals surface area contributed by atoms with Gasteiger partial charge in [0.05, 0.1) is 23.7 Å². The van der Waals surface area contributed by atoms with Gasteiger partial charge in [-0.05, 0) is 93.5 Å². The molecule has 2 heterocycles. The second-order valence-electron chi connectivity index (χ2n) is 14.5. The van der Waals surface area contributed by atoms with Crippen molar-refractivity contribution in [1.29, 1.82) is 5.26 Å². The summed E-state index contributed by atoms with van der Waals surface area (Å²) >= 11 is 0. The van der Waals surface area contributed by atoms with Crippen LogP contribution < -0.4 is 0 Å². The Labute approximate surface area is 230 Å². The van der Waals surface area contributed by atoms with Gasteiger partial charge in [0.25, 0.3) is 0 Å². The summed E-state index contributed by atoms with van der Waals surface area (Å²) in [6.07, 6.45) is 14.6. The number of nitriles is 1. The van der Waals surface area contributed by atoms with Crippen LogP contribution in [0.1, 0.15) is 98.3 Å². The zero-order valence-electron chi connectivity index (χ0n) is 24.3. The number of ether oxygens (including phenoxy) is 1. The van der Waals surface area contributed by atoms with E-state index in [1.165, 1.54) is 38.5 Å². The summed E-state index contributed by atoms with van der Waals surface area (Å²) in [4.78, 5) is 16.5. The predicted octanol–water partition coefficient (Wildman–Crippen LogP) is 6.69. The molecule has 6 rings (SSSR count). The number of aliphatic carboxylic acids is 1.